The third kappa shape index (κ3) is 5.46. The highest BCUT2D eigenvalue weighted by atomic mass is 35.5. The summed E-state index contributed by atoms with van der Waals surface area (Å²) in [6.07, 6.45) is 0.00989. The van der Waals surface area contributed by atoms with Crippen LogP contribution in [0.15, 0.2) is 48.5 Å². The summed E-state index contributed by atoms with van der Waals surface area (Å²) in [4.78, 5) is 12.3. The molecule has 128 valence electrons. The van der Waals surface area contributed by atoms with Crippen molar-refractivity contribution in [2.75, 3.05) is 6.61 Å². The zero-order valence-electron chi connectivity index (χ0n) is 13.9. The molecule has 0 radical (unpaired) electrons. The minimum atomic E-state index is -0.557. The van der Waals surface area contributed by atoms with Crippen molar-refractivity contribution < 1.29 is 14.3 Å². The molecule has 0 aliphatic heterocycles. The minimum Gasteiger partial charge on any atom is -0.494 e. The number of carbonyl (C=O) groups is 1. The number of hydrogen-bond donors (Lipinski definition) is 1. The maximum atomic E-state index is 12.3. The van der Waals surface area contributed by atoms with E-state index in [0.717, 1.165) is 11.3 Å². The van der Waals surface area contributed by atoms with Crippen molar-refractivity contribution in [1.82, 2.24) is 5.32 Å². The summed E-state index contributed by atoms with van der Waals surface area (Å²) in [5.74, 6) is 1.23. The first kappa shape index (κ1) is 18.1. The van der Waals surface area contributed by atoms with Crippen molar-refractivity contribution in [3.63, 3.8) is 0 Å². The fourth-order valence-corrected chi connectivity index (χ4v) is 2.42. The summed E-state index contributed by atoms with van der Waals surface area (Å²) in [5, 5.41) is 3.48. The highest BCUT2D eigenvalue weighted by Gasteiger charge is 2.18. The molecule has 2 aromatic rings. The molecule has 0 aliphatic rings. The molecule has 1 atom stereocenters. The summed E-state index contributed by atoms with van der Waals surface area (Å²) < 4.78 is 11.2. The summed E-state index contributed by atoms with van der Waals surface area (Å²) >= 11 is 5.94. The predicted octanol–water partition coefficient (Wildman–Crippen LogP) is 4.21. The fraction of sp³-hybridized carbons (Fsp3) is 0.316. The third-order valence-corrected chi connectivity index (χ3v) is 3.65. The first-order valence-corrected chi connectivity index (χ1v) is 8.41. The highest BCUT2D eigenvalue weighted by Crippen LogP contribution is 2.19. The normalized spacial score (nSPS) is 11.6. The molecule has 0 spiro atoms. The van der Waals surface area contributed by atoms with Gasteiger partial charge in [-0.1, -0.05) is 36.7 Å². The van der Waals surface area contributed by atoms with Gasteiger partial charge in [-0.05, 0) is 49.2 Å². The van der Waals surface area contributed by atoms with E-state index >= 15 is 0 Å². The van der Waals surface area contributed by atoms with Gasteiger partial charge in [0, 0.05) is 11.6 Å². The number of rotatable bonds is 8. The van der Waals surface area contributed by atoms with Gasteiger partial charge in [0.15, 0.2) is 6.10 Å². The van der Waals surface area contributed by atoms with Crippen LogP contribution in [0.1, 0.15) is 25.8 Å². The van der Waals surface area contributed by atoms with Crippen LogP contribution in [-0.4, -0.2) is 18.6 Å². The second-order valence-corrected chi connectivity index (χ2v) is 5.71. The Kier molecular flexibility index (Phi) is 6.94. The molecule has 1 amide bonds. The Morgan fingerprint density at radius 1 is 1.12 bits per heavy atom. The number of benzene rings is 2. The lowest BCUT2D eigenvalue weighted by Gasteiger charge is -2.17. The quantitative estimate of drug-likeness (QED) is 0.778. The molecule has 24 heavy (non-hydrogen) atoms. The van der Waals surface area contributed by atoms with Crippen LogP contribution in [0.5, 0.6) is 11.5 Å². The van der Waals surface area contributed by atoms with Crippen molar-refractivity contribution in [2.45, 2.75) is 32.9 Å². The number of carbonyl (C=O) groups excluding carboxylic acids is 1. The van der Waals surface area contributed by atoms with Gasteiger partial charge < -0.3 is 14.8 Å². The Balaban J connectivity index is 1.93. The Hall–Kier alpha value is -2.20. The van der Waals surface area contributed by atoms with Crippen LogP contribution in [-0.2, 0) is 11.3 Å². The average molecular weight is 348 g/mol. The molecular formula is C19H22ClNO3. The highest BCUT2D eigenvalue weighted by molar-refractivity contribution is 6.30. The Bertz CT molecular complexity index is 675. The van der Waals surface area contributed by atoms with Gasteiger partial charge in [-0.25, -0.2) is 0 Å². The molecular weight excluding hydrogens is 326 g/mol. The molecule has 0 fully saturated rings. The van der Waals surface area contributed by atoms with Gasteiger partial charge >= 0.3 is 0 Å². The first-order valence-electron chi connectivity index (χ1n) is 8.04. The van der Waals surface area contributed by atoms with Gasteiger partial charge in [0.25, 0.3) is 5.91 Å². The van der Waals surface area contributed by atoms with E-state index < -0.39 is 6.10 Å². The van der Waals surface area contributed by atoms with Crippen LogP contribution in [0.3, 0.4) is 0 Å². The molecule has 0 saturated carbocycles. The second kappa shape index (κ2) is 9.18. The van der Waals surface area contributed by atoms with Crippen LogP contribution in [0, 0.1) is 0 Å². The van der Waals surface area contributed by atoms with Crippen molar-refractivity contribution in [1.29, 1.82) is 0 Å². The molecule has 2 aromatic carbocycles. The molecule has 0 bridgehead atoms. The molecule has 0 aromatic heterocycles. The molecule has 2 rings (SSSR count). The second-order valence-electron chi connectivity index (χ2n) is 5.27. The Labute approximate surface area is 147 Å². The lowest BCUT2D eigenvalue weighted by molar-refractivity contribution is -0.128. The van der Waals surface area contributed by atoms with E-state index in [-0.39, 0.29) is 5.91 Å². The first-order chi connectivity index (χ1) is 11.6. The van der Waals surface area contributed by atoms with Crippen molar-refractivity contribution in [2.24, 2.45) is 0 Å². The van der Waals surface area contributed by atoms with Crippen LogP contribution in [0.4, 0.5) is 0 Å². The number of amides is 1. The van der Waals surface area contributed by atoms with Crippen LogP contribution in [0.2, 0.25) is 5.02 Å². The lowest BCUT2D eigenvalue weighted by atomic mass is 10.2. The number of ether oxygens (including phenoxy) is 2. The zero-order chi connectivity index (χ0) is 17.4. The number of nitrogens with one attached hydrogen (secondary N) is 1. The number of hydrogen-bond acceptors (Lipinski definition) is 3. The van der Waals surface area contributed by atoms with Gasteiger partial charge in [-0.2, -0.15) is 0 Å². The fourth-order valence-electron chi connectivity index (χ4n) is 2.24. The lowest BCUT2D eigenvalue weighted by Crippen LogP contribution is -2.37. The predicted molar refractivity (Wildman–Crippen MR) is 95.6 cm³/mol. The molecule has 4 nitrogen and oxygen atoms in total. The summed E-state index contributed by atoms with van der Waals surface area (Å²) in [6, 6.07) is 14.7. The van der Waals surface area contributed by atoms with Crippen LogP contribution in [0.25, 0.3) is 0 Å². The van der Waals surface area contributed by atoms with Crippen molar-refractivity contribution in [3.8, 4) is 11.5 Å². The molecule has 0 aliphatic carbocycles. The largest absolute Gasteiger partial charge is 0.494 e. The van der Waals surface area contributed by atoms with E-state index in [9.17, 15) is 4.79 Å². The van der Waals surface area contributed by atoms with Gasteiger partial charge in [-0.3, -0.25) is 4.79 Å². The van der Waals surface area contributed by atoms with Crippen molar-refractivity contribution >= 4 is 17.5 Å². The summed E-state index contributed by atoms with van der Waals surface area (Å²) in [7, 11) is 0. The zero-order valence-corrected chi connectivity index (χ0v) is 14.7. The summed E-state index contributed by atoms with van der Waals surface area (Å²) in [6.45, 7) is 4.88. The van der Waals surface area contributed by atoms with Gasteiger partial charge in [0.05, 0.1) is 6.61 Å². The van der Waals surface area contributed by atoms with Crippen LogP contribution < -0.4 is 14.8 Å². The maximum absolute atomic E-state index is 12.3. The minimum absolute atomic E-state index is 0.153. The SMILES string of the molecule is CCOc1cccc(CNC(=O)C(CC)Oc2cccc(Cl)c2)c1. The smallest absolute Gasteiger partial charge is 0.261 e. The molecule has 5 heteroatoms. The van der Waals surface area contributed by atoms with E-state index in [1.807, 2.05) is 38.1 Å². The van der Waals surface area contributed by atoms with E-state index in [1.165, 1.54) is 0 Å². The molecule has 1 N–H and O–H groups in total. The molecule has 1 unspecified atom stereocenters. The van der Waals surface area contributed by atoms with Gasteiger partial charge in [0.1, 0.15) is 11.5 Å². The van der Waals surface area contributed by atoms with E-state index in [2.05, 4.69) is 5.32 Å². The van der Waals surface area contributed by atoms with E-state index in [4.69, 9.17) is 21.1 Å². The Morgan fingerprint density at radius 3 is 2.58 bits per heavy atom. The molecule has 0 heterocycles. The Morgan fingerprint density at radius 2 is 1.88 bits per heavy atom. The molecule has 0 saturated heterocycles. The average Bonchev–Trinajstić information content (AvgIpc) is 2.58. The van der Waals surface area contributed by atoms with Crippen LogP contribution >= 0.6 is 11.6 Å². The van der Waals surface area contributed by atoms with Crippen molar-refractivity contribution in [3.05, 3.63) is 59.1 Å². The summed E-state index contributed by atoms with van der Waals surface area (Å²) in [5.41, 5.74) is 0.979. The monoisotopic (exact) mass is 347 g/mol. The topological polar surface area (TPSA) is 47.6 Å². The standard InChI is InChI=1S/C19H22ClNO3/c1-3-18(24-17-10-6-8-15(20)12-17)19(22)21-13-14-7-5-9-16(11-14)23-4-2/h5-12,18H,3-4,13H2,1-2H3,(H,21,22). The maximum Gasteiger partial charge on any atom is 0.261 e. The van der Waals surface area contributed by atoms with Gasteiger partial charge in [-0.15, -0.1) is 0 Å². The van der Waals surface area contributed by atoms with Gasteiger partial charge in [0.2, 0.25) is 0 Å². The van der Waals surface area contributed by atoms with E-state index in [1.54, 1.807) is 24.3 Å². The van der Waals surface area contributed by atoms with E-state index in [0.29, 0.717) is 30.3 Å². The third-order valence-electron chi connectivity index (χ3n) is 3.41. The number of halogens is 1.